The summed E-state index contributed by atoms with van der Waals surface area (Å²) in [6, 6.07) is 9.57. The van der Waals surface area contributed by atoms with Crippen LogP contribution in [0.3, 0.4) is 0 Å². The molecule has 2 aliphatic carbocycles. The minimum absolute atomic E-state index is 0.336. The molecule has 0 saturated heterocycles. The molecule has 0 radical (unpaired) electrons. The summed E-state index contributed by atoms with van der Waals surface area (Å²) in [4.78, 5) is 0. The normalized spacial score (nSPS) is 23.1. The number of nitrogens with two attached hydrogens (primary N) is 1. The van der Waals surface area contributed by atoms with E-state index < -0.39 is 0 Å². The predicted molar refractivity (Wildman–Crippen MR) is 88.9 cm³/mol. The Morgan fingerprint density at radius 3 is 2.24 bits per heavy atom. The van der Waals surface area contributed by atoms with E-state index in [1.54, 1.807) is 0 Å². The number of hydrazine groups is 1. The maximum absolute atomic E-state index is 5.95. The molecule has 2 heteroatoms. The fourth-order valence-corrected chi connectivity index (χ4v) is 4.07. The van der Waals surface area contributed by atoms with Gasteiger partial charge in [0.15, 0.2) is 0 Å². The lowest BCUT2D eigenvalue weighted by Gasteiger charge is -2.30. The van der Waals surface area contributed by atoms with E-state index >= 15 is 0 Å². The van der Waals surface area contributed by atoms with Gasteiger partial charge in [0.1, 0.15) is 0 Å². The van der Waals surface area contributed by atoms with E-state index in [9.17, 15) is 0 Å². The van der Waals surface area contributed by atoms with Crippen molar-refractivity contribution >= 4 is 0 Å². The maximum Gasteiger partial charge on any atom is 0.0488 e. The van der Waals surface area contributed by atoms with Crippen molar-refractivity contribution in [2.75, 3.05) is 0 Å². The first-order valence-electron chi connectivity index (χ1n) is 8.94. The number of hydrogen-bond donors (Lipinski definition) is 2. The number of nitrogens with one attached hydrogen (secondary N) is 1. The standard InChI is InChI=1S/C19H30N2/c20-21-19(16-8-4-2-1-3-5-9-16)18-13-7-12-17(14-18)15-10-6-11-15/h7,12-16,19,21H,1-6,8-11,20H2. The molecule has 116 valence electrons. The summed E-state index contributed by atoms with van der Waals surface area (Å²) in [5.74, 6) is 7.46. The second-order valence-electron chi connectivity index (χ2n) is 7.05. The van der Waals surface area contributed by atoms with E-state index in [4.69, 9.17) is 5.84 Å². The molecule has 0 bridgehead atoms. The Labute approximate surface area is 129 Å². The highest BCUT2D eigenvalue weighted by molar-refractivity contribution is 5.30. The second kappa shape index (κ2) is 7.42. The summed E-state index contributed by atoms with van der Waals surface area (Å²) >= 11 is 0. The Balaban J connectivity index is 1.74. The van der Waals surface area contributed by atoms with E-state index in [0.29, 0.717) is 12.0 Å². The Kier molecular flexibility index (Phi) is 5.32. The van der Waals surface area contributed by atoms with Crippen molar-refractivity contribution in [1.29, 1.82) is 0 Å². The summed E-state index contributed by atoms with van der Waals surface area (Å²) in [7, 11) is 0. The van der Waals surface area contributed by atoms with Crippen LogP contribution in [0.15, 0.2) is 24.3 Å². The molecule has 3 N–H and O–H groups in total. The van der Waals surface area contributed by atoms with Crippen molar-refractivity contribution in [2.45, 2.75) is 76.2 Å². The van der Waals surface area contributed by atoms with Gasteiger partial charge < -0.3 is 0 Å². The van der Waals surface area contributed by atoms with Crippen LogP contribution in [0.4, 0.5) is 0 Å². The van der Waals surface area contributed by atoms with Crippen LogP contribution in [0.5, 0.6) is 0 Å². The minimum atomic E-state index is 0.336. The van der Waals surface area contributed by atoms with E-state index in [1.165, 1.54) is 75.3 Å². The van der Waals surface area contributed by atoms with E-state index in [0.717, 1.165) is 5.92 Å². The lowest BCUT2D eigenvalue weighted by atomic mass is 9.78. The smallest absolute Gasteiger partial charge is 0.0488 e. The highest BCUT2D eigenvalue weighted by Crippen LogP contribution is 2.38. The average Bonchev–Trinajstić information content (AvgIpc) is 2.40. The third kappa shape index (κ3) is 3.67. The quantitative estimate of drug-likeness (QED) is 0.615. The molecule has 0 amide bonds. The molecular formula is C19H30N2. The summed E-state index contributed by atoms with van der Waals surface area (Å²) in [6.07, 6.45) is 13.7. The molecular weight excluding hydrogens is 256 g/mol. The molecule has 2 nitrogen and oxygen atoms in total. The largest absolute Gasteiger partial charge is 0.271 e. The van der Waals surface area contributed by atoms with E-state index in [-0.39, 0.29) is 0 Å². The first kappa shape index (κ1) is 15.1. The second-order valence-corrected chi connectivity index (χ2v) is 7.05. The molecule has 2 fully saturated rings. The molecule has 3 rings (SSSR count). The Morgan fingerprint density at radius 1 is 0.905 bits per heavy atom. The third-order valence-electron chi connectivity index (χ3n) is 5.65. The van der Waals surface area contributed by atoms with Gasteiger partial charge in [-0.3, -0.25) is 11.3 Å². The summed E-state index contributed by atoms with van der Waals surface area (Å²) in [5.41, 5.74) is 6.08. The predicted octanol–water partition coefficient (Wildman–Crippen LogP) is 4.82. The van der Waals surface area contributed by atoms with Gasteiger partial charge in [-0.05, 0) is 48.6 Å². The van der Waals surface area contributed by atoms with Crippen molar-refractivity contribution < 1.29 is 0 Å². The number of hydrogen-bond acceptors (Lipinski definition) is 2. The fraction of sp³-hybridized carbons (Fsp3) is 0.684. The molecule has 21 heavy (non-hydrogen) atoms. The molecule has 0 aromatic heterocycles. The third-order valence-corrected chi connectivity index (χ3v) is 5.65. The molecule has 1 unspecified atom stereocenters. The summed E-state index contributed by atoms with van der Waals surface area (Å²) in [5, 5.41) is 0. The van der Waals surface area contributed by atoms with Crippen LogP contribution >= 0.6 is 0 Å². The zero-order chi connectivity index (χ0) is 14.5. The lowest BCUT2D eigenvalue weighted by Crippen LogP contribution is -2.34. The van der Waals surface area contributed by atoms with Gasteiger partial charge in [0.05, 0.1) is 0 Å². The molecule has 2 aliphatic rings. The van der Waals surface area contributed by atoms with Crippen molar-refractivity contribution in [2.24, 2.45) is 11.8 Å². The van der Waals surface area contributed by atoms with Gasteiger partial charge in [-0.1, -0.05) is 62.8 Å². The van der Waals surface area contributed by atoms with Gasteiger partial charge in [0.25, 0.3) is 0 Å². The first-order chi connectivity index (χ1) is 10.4. The Hall–Kier alpha value is -0.860. The SMILES string of the molecule is NNC(c1cccc(C2CCC2)c1)C1CCCCCCC1. The summed E-state index contributed by atoms with van der Waals surface area (Å²) in [6.45, 7) is 0. The summed E-state index contributed by atoms with van der Waals surface area (Å²) < 4.78 is 0. The van der Waals surface area contributed by atoms with Crippen LogP contribution in [-0.4, -0.2) is 0 Å². The zero-order valence-electron chi connectivity index (χ0n) is 13.2. The van der Waals surface area contributed by atoms with Gasteiger partial charge in [-0.15, -0.1) is 0 Å². The van der Waals surface area contributed by atoms with Gasteiger partial charge in [0, 0.05) is 6.04 Å². The van der Waals surface area contributed by atoms with Crippen molar-refractivity contribution in [1.82, 2.24) is 5.43 Å². The van der Waals surface area contributed by atoms with Crippen LogP contribution < -0.4 is 11.3 Å². The van der Waals surface area contributed by atoms with Crippen molar-refractivity contribution in [3.63, 3.8) is 0 Å². The number of benzene rings is 1. The highest BCUT2D eigenvalue weighted by atomic mass is 15.2. The Bertz CT molecular complexity index is 431. The number of rotatable bonds is 4. The Morgan fingerprint density at radius 2 is 1.62 bits per heavy atom. The zero-order valence-corrected chi connectivity index (χ0v) is 13.2. The average molecular weight is 286 g/mol. The monoisotopic (exact) mass is 286 g/mol. The fourth-order valence-electron chi connectivity index (χ4n) is 4.07. The maximum atomic E-state index is 5.95. The van der Waals surface area contributed by atoms with Crippen LogP contribution in [0, 0.1) is 5.92 Å². The van der Waals surface area contributed by atoms with Gasteiger partial charge in [-0.25, -0.2) is 0 Å². The molecule has 1 aromatic rings. The topological polar surface area (TPSA) is 38.0 Å². The van der Waals surface area contributed by atoms with Crippen molar-refractivity contribution in [3.8, 4) is 0 Å². The van der Waals surface area contributed by atoms with Gasteiger partial charge >= 0.3 is 0 Å². The molecule has 1 aromatic carbocycles. The van der Waals surface area contributed by atoms with Crippen LogP contribution in [0.25, 0.3) is 0 Å². The first-order valence-corrected chi connectivity index (χ1v) is 8.94. The van der Waals surface area contributed by atoms with Crippen LogP contribution in [0.2, 0.25) is 0 Å². The van der Waals surface area contributed by atoms with Gasteiger partial charge in [-0.2, -0.15) is 0 Å². The highest BCUT2D eigenvalue weighted by Gasteiger charge is 2.25. The van der Waals surface area contributed by atoms with Crippen LogP contribution in [-0.2, 0) is 0 Å². The molecule has 0 heterocycles. The molecule has 0 aliphatic heterocycles. The van der Waals surface area contributed by atoms with Gasteiger partial charge in [0.2, 0.25) is 0 Å². The van der Waals surface area contributed by atoms with Crippen molar-refractivity contribution in [3.05, 3.63) is 35.4 Å². The molecule has 2 saturated carbocycles. The molecule has 1 atom stereocenters. The van der Waals surface area contributed by atoms with E-state index in [2.05, 4.69) is 29.7 Å². The minimum Gasteiger partial charge on any atom is -0.271 e. The lowest BCUT2D eigenvalue weighted by molar-refractivity contribution is 0.290. The molecule has 0 spiro atoms. The van der Waals surface area contributed by atoms with Crippen LogP contribution in [0.1, 0.15) is 87.3 Å². The van der Waals surface area contributed by atoms with E-state index in [1.807, 2.05) is 0 Å².